The van der Waals surface area contributed by atoms with E-state index < -0.39 is 17.0 Å². The van der Waals surface area contributed by atoms with Crippen LogP contribution in [0, 0.1) is 0 Å². The highest BCUT2D eigenvalue weighted by Gasteiger charge is 2.55. The predicted octanol–water partition coefficient (Wildman–Crippen LogP) is 3.97. The molecule has 40 heavy (non-hydrogen) atoms. The van der Waals surface area contributed by atoms with Crippen LogP contribution in [0.25, 0.3) is 0 Å². The van der Waals surface area contributed by atoms with Crippen molar-refractivity contribution in [3.05, 3.63) is 101 Å². The Morgan fingerprint density at radius 2 is 1.60 bits per heavy atom. The lowest BCUT2D eigenvalue weighted by Crippen LogP contribution is -2.48. The lowest BCUT2D eigenvalue weighted by molar-refractivity contribution is -0.139. The van der Waals surface area contributed by atoms with Crippen LogP contribution < -0.4 is 10.6 Å². The Labute approximate surface area is 233 Å². The van der Waals surface area contributed by atoms with Gasteiger partial charge in [-0.05, 0) is 54.2 Å². The lowest BCUT2D eigenvalue weighted by Gasteiger charge is -2.33. The van der Waals surface area contributed by atoms with Crippen molar-refractivity contribution in [1.82, 2.24) is 15.1 Å². The van der Waals surface area contributed by atoms with Crippen LogP contribution in [0.3, 0.4) is 0 Å². The summed E-state index contributed by atoms with van der Waals surface area (Å²) < 4.78 is 0. The van der Waals surface area contributed by atoms with Crippen LogP contribution in [0.4, 0.5) is 10.5 Å². The summed E-state index contributed by atoms with van der Waals surface area (Å²) in [6.07, 6.45) is 2.33. The highest BCUT2D eigenvalue weighted by molar-refractivity contribution is 6.07. The molecule has 2 N–H and O–H groups in total. The number of nitrogens with zero attached hydrogens (tertiary/aromatic N) is 2. The van der Waals surface area contributed by atoms with Gasteiger partial charge in [0.05, 0.1) is 11.5 Å². The van der Waals surface area contributed by atoms with Crippen molar-refractivity contribution in [2.75, 3.05) is 18.9 Å². The minimum absolute atomic E-state index is 0.0407. The van der Waals surface area contributed by atoms with E-state index in [1.54, 1.807) is 11.9 Å². The van der Waals surface area contributed by atoms with Crippen molar-refractivity contribution in [2.24, 2.45) is 0 Å². The van der Waals surface area contributed by atoms with Crippen molar-refractivity contribution >= 4 is 29.4 Å². The number of carbonyl (C=O) groups excluding carboxylic acids is 4. The number of hydrogen-bond acceptors (Lipinski definition) is 4. The van der Waals surface area contributed by atoms with E-state index in [0.717, 1.165) is 35.1 Å². The van der Waals surface area contributed by atoms with Crippen molar-refractivity contribution in [1.29, 1.82) is 0 Å². The number of urea groups is 1. The average molecular weight is 537 g/mol. The standard InChI is InChI=1S/C32H32N4O4/c1-21(22-9-5-3-6-10-22)36(29(39)31(15-16-31)25-11-7-4-8-12-25)20-27(37)33-26-14-13-23-18-32(19-24(23)17-26)28(38)34-30(40)35(32)2/h3-14,17,21H,15-16,18-20H2,1-2H3,(H,33,37)(H,34,38,40)/t21-,32+/m1/s1. The Morgan fingerprint density at radius 1 is 0.950 bits per heavy atom. The average Bonchev–Trinajstić information content (AvgIpc) is 3.65. The van der Waals surface area contributed by atoms with Gasteiger partial charge < -0.3 is 15.1 Å². The molecule has 3 aliphatic rings. The molecule has 8 nitrogen and oxygen atoms in total. The summed E-state index contributed by atoms with van der Waals surface area (Å²) in [5, 5.41) is 5.38. The van der Waals surface area contributed by atoms with Crippen molar-refractivity contribution < 1.29 is 19.2 Å². The van der Waals surface area contributed by atoms with Gasteiger partial charge in [0.15, 0.2) is 0 Å². The maximum atomic E-state index is 14.1. The fraction of sp³-hybridized carbons (Fsp3) is 0.312. The van der Waals surface area contributed by atoms with Crippen LogP contribution in [0.2, 0.25) is 0 Å². The highest BCUT2D eigenvalue weighted by atomic mass is 16.2. The zero-order chi connectivity index (χ0) is 28.1. The molecular formula is C32H32N4O4. The minimum atomic E-state index is -0.924. The Kier molecular flexibility index (Phi) is 6.21. The Bertz CT molecular complexity index is 1500. The molecule has 6 rings (SSSR count). The van der Waals surface area contributed by atoms with E-state index in [1.807, 2.05) is 85.8 Å². The molecule has 0 unspecified atom stereocenters. The third-order valence-electron chi connectivity index (χ3n) is 8.86. The zero-order valence-electron chi connectivity index (χ0n) is 22.6. The number of hydrogen-bond donors (Lipinski definition) is 2. The zero-order valence-corrected chi connectivity index (χ0v) is 22.6. The Balaban J connectivity index is 1.22. The number of fused-ring (bicyclic) bond motifs is 1. The smallest absolute Gasteiger partial charge is 0.324 e. The van der Waals surface area contributed by atoms with Crippen molar-refractivity contribution in [3.63, 3.8) is 0 Å². The van der Waals surface area contributed by atoms with E-state index in [1.165, 1.54) is 4.90 Å². The second-order valence-electron chi connectivity index (χ2n) is 11.2. The molecule has 2 aliphatic carbocycles. The molecule has 2 fully saturated rings. The molecule has 204 valence electrons. The molecule has 1 heterocycles. The van der Waals surface area contributed by atoms with Crippen molar-refractivity contribution in [3.8, 4) is 0 Å². The summed E-state index contributed by atoms with van der Waals surface area (Å²) in [6.45, 7) is 1.87. The van der Waals surface area contributed by atoms with E-state index in [9.17, 15) is 19.2 Å². The number of amides is 5. The second-order valence-corrected chi connectivity index (χ2v) is 11.2. The highest BCUT2D eigenvalue weighted by Crippen LogP contribution is 2.50. The van der Waals surface area contributed by atoms with E-state index >= 15 is 0 Å². The number of carbonyl (C=O) groups is 4. The molecule has 3 aromatic rings. The van der Waals surface area contributed by atoms with Crippen LogP contribution in [-0.4, -0.2) is 52.7 Å². The first-order chi connectivity index (χ1) is 19.2. The van der Waals surface area contributed by atoms with Gasteiger partial charge in [-0.1, -0.05) is 66.7 Å². The third-order valence-corrected chi connectivity index (χ3v) is 8.86. The maximum Gasteiger partial charge on any atom is 0.324 e. The van der Waals surface area contributed by atoms with E-state index in [4.69, 9.17) is 0 Å². The number of anilines is 1. The summed E-state index contributed by atoms with van der Waals surface area (Å²) in [6, 6.07) is 24.4. The summed E-state index contributed by atoms with van der Waals surface area (Å²) >= 11 is 0. The number of nitrogens with one attached hydrogen (secondary N) is 2. The van der Waals surface area contributed by atoms with Crippen LogP contribution >= 0.6 is 0 Å². The van der Waals surface area contributed by atoms with Gasteiger partial charge in [-0.15, -0.1) is 0 Å². The van der Waals surface area contributed by atoms with E-state index in [0.29, 0.717) is 18.5 Å². The van der Waals surface area contributed by atoms with Gasteiger partial charge in [0.2, 0.25) is 11.8 Å². The topological polar surface area (TPSA) is 98.8 Å². The molecule has 8 heteroatoms. The van der Waals surface area contributed by atoms with Crippen LogP contribution in [-0.2, 0) is 32.6 Å². The number of rotatable bonds is 7. The van der Waals surface area contributed by atoms with E-state index in [2.05, 4.69) is 10.6 Å². The molecule has 1 spiro atoms. The van der Waals surface area contributed by atoms with Gasteiger partial charge >= 0.3 is 6.03 Å². The SMILES string of the molecule is C[C@H](c1ccccc1)N(CC(=O)Nc1ccc2c(c1)C[C@@]1(C2)C(=O)NC(=O)N1C)C(=O)C1(c2ccccc2)CC1. The normalized spacial score (nSPS) is 21.1. The first kappa shape index (κ1) is 25.8. The summed E-state index contributed by atoms with van der Waals surface area (Å²) in [7, 11) is 1.64. The Hall–Kier alpha value is -4.46. The number of benzene rings is 3. The van der Waals surface area contributed by atoms with Gasteiger partial charge in [-0.2, -0.15) is 0 Å². The van der Waals surface area contributed by atoms with Crippen LogP contribution in [0.5, 0.6) is 0 Å². The first-order valence-corrected chi connectivity index (χ1v) is 13.7. The summed E-state index contributed by atoms with van der Waals surface area (Å²) in [4.78, 5) is 55.4. The van der Waals surface area contributed by atoms with Gasteiger partial charge in [0.25, 0.3) is 5.91 Å². The van der Waals surface area contributed by atoms with Crippen LogP contribution in [0.15, 0.2) is 78.9 Å². The first-order valence-electron chi connectivity index (χ1n) is 13.7. The van der Waals surface area contributed by atoms with Gasteiger partial charge in [-0.3, -0.25) is 19.7 Å². The molecular weight excluding hydrogens is 504 g/mol. The maximum absolute atomic E-state index is 14.1. The second kappa shape index (κ2) is 9.62. The molecule has 2 atom stereocenters. The van der Waals surface area contributed by atoms with E-state index in [-0.39, 0.29) is 30.3 Å². The third kappa shape index (κ3) is 4.24. The number of likely N-dealkylation sites (N-methyl/N-ethyl adjacent to an activating group) is 1. The molecule has 3 aromatic carbocycles. The minimum Gasteiger partial charge on any atom is -0.326 e. The molecule has 0 bridgehead atoms. The summed E-state index contributed by atoms with van der Waals surface area (Å²) in [5.74, 6) is -0.627. The van der Waals surface area contributed by atoms with Crippen molar-refractivity contribution in [2.45, 2.75) is 49.6 Å². The fourth-order valence-corrected chi connectivity index (χ4v) is 6.21. The fourth-order valence-electron chi connectivity index (χ4n) is 6.21. The monoisotopic (exact) mass is 536 g/mol. The predicted molar refractivity (Wildman–Crippen MR) is 150 cm³/mol. The molecule has 1 saturated carbocycles. The largest absolute Gasteiger partial charge is 0.326 e. The Morgan fingerprint density at radius 3 is 2.23 bits per heavy atom. The van der Waals surface area contributed by atoms with Gasteiger partial charge in [-0.25, -0.2) is 4.79 Å². The molecule has 1 aliphatic heterocycles. The molecule has 0 radical (unpaired) electrons. The van der Waals surface area contributed by atoms with Gasteiger partial charge in [0, 0.05) is 25.6 Å². The molecule has 5 amide bonds. The van der Waals surface area contributed by atoms with Crippen LogP contribution in [0.1, 0.15) is 48.1 Å². The molecule has 1 saturated heterocycles. The number of imide groups is 1. The quantitative estimate of drug-likeness (QED) is 0.447. The molecule has 0 aromatic heterocycles. The lowest BCUT2D eigenvalue weighted by atomic mass is 9.93. The summed E-state index contributed by atoms with van der Waals surface area (Å²) in [5.41, 5.74) is 2.91. The van der Waals surface area contributed by atoms with Gasteiger partial charge in [0.1, 0.15) is 12.1 Å².